The molecule has 4 heteroatoms. The number of rotatable bonds is 6. The number of aromatic nitrogens is 2. The summed E-state index contributed by atoms with van der Waals surface area (Å²) in [5.41, 5.74) is 1.09. The number of unbranched alkanes of at least 4 members (excludes halogenated alkanes) is 2. The third-order valence-corrected chi connectivity index (χ3v) is 2.70. The molecule has 0 aromatic carbocycles. The highest BCUT2D eigenvalue weighted by atomic mass is 32.1. The molecule has 0 saturated carbocycles. The summed E-state index contributed by atoms with van der Waals surface area (Å²) in [6.07, 6.45) is 5.00. The van der Waals surface area contributed by atoms with E-state index in [1.54, 1.807) is 0 Å². The molecular weight excluding hydrogens is 182 g/mol. The van der Waals surface area contributed by atoms with E-state index in [0.29, 0.717) is 6.04 Å². The Balaban J connectivity index is 2.35. The van der Waals surface area contributed by atoms with Gasteiger partial charge in [-0.05, 0) is 25.0 Å². The summed E-state index contributed by atoms with van der Waals surface area (Å²) in [6.45, 7) is 2.22. The summed E-state index contributed by atoms with van der Waals surface area (Å²) in [5.74, 6) is 0. The molecular formula is C9H17N3S. The Morgan fingerprint density at radius 1 is 1.54 bits per heavy atom. The van der Waals surface area contributed by atoms with Crippen LogP contribution < -0.4 is 5.32 Å². The van der Waals surface area contributed by atoms with Gasteiger partial charge in [-0.25, -0.2) is 0 Å². The maximum atomic E-state index is 4.07. The molecule has 0 fully saturated rings. The minimum absolute atomic E-state index is 0.394. The molecule has 0 radical (unpaired) electrons. The zero-order valence-corrected chi connectivity index (χ0v) is 9.10. The van der Waals surface area contributed by atoms with Gasteiger partial charge in [-0.15, -0.1) is 5.10 Å². The molecule has 1 aromatic heterocycles. The van der Waals surface area contributed by atoms with E-state index in [1.165, 1.54) is 30.8 Å². The van der Waals surface area contributed by atoms with Crippen molar-refractivity contribution in [1.29, 1.82) is 0 Å². The first-order valence-electron chi connectivity index (χ1n) is 4.82. The number of hydrogen-bond donors (Lipinski definition) is 1. The highest BCUT2D eigenvalue weighted by Crippen LogP contribution is 2.17. The first-order chi connectivity index (χ1) is 6.38. The van der Waals surface area contributed by atoms with Crippen molar-refractivity contribution in [2.45, 2.75) is 38.6 Å². The van der Waals surface area contributed by atoms with Gasteiger partial charge in [0.05, 0.1) is 11.7 Å². The van der Waals surface area contributed by atoms with Gasteiger partial charge >= 0.3 is 0 Å². The second-order valence-electron chi connectivity index (χ2n) is 3.17. The molecule has 74 valence electrons. The Morgan fingerprint density at radius 2 is 2.38 bits per heavy atom. The molecule has 0 saturated heterocycles. The van der Waals surface area contributed by atoms with Crippen LogP contribution in [0, 0.1) is 0 Å². The number of nitrogens with one attached hydrogen (secondary N) is 1. The van der Waals surface area contributed by atoms with E-state index in [4.69, 9.17) is 0 Å². The smallest absolute Gasteiger partial charge is 0.0924 e. The maximum absolute atomic E-state index is 4.07. The summed E-state index contributed by atoms with van der Waals surface area (Å²) in [4.78, 5) is 0. The van der Waals surface area contributed by atoms with Crippen molar-refractivity contribution >= 4 is 11.5 Å². The summed E-state index contributed by atoms with van der Waals surface area (Å²) in [5, 5.41) is 9.36. The van der Waals surface area contributed by atoms with Crippen molar-refractivity contribution < 1.29 is 0 Å². The molecule has 3 nitrogen and oxygen atoms in total. The van der Waals surface area contributed by atoms with E-state index in [9.17, 15) is 0 Å². The lowest BCUT2D eigenvalue weighted by Crippen LogP contribution is -2.16. The molecule has 1 N–H and O–H groups in total. The Bertz CT molecular complexity index is 211. The van der Waals surface area contributed by atoms with Crippen molar-refractivity contribution in [3.63, 3.8) is 0 Å². The normalized spacial score (nSPS) is 13.1. The standard InChI is InChI=1S/C9H17N3S/c1-3-4-5-6-8(10-2)9-7-13-12-11-9/h7-8,10H,3-6H2,1-2H3. The van der Waals surface area contributed by atoms with Gasteiger partial charge in [0.15, 0.2) is 0 Å². The van der Waals surface area contributed by atoms with Crippen molar-refractivity contribution in [1.82, 2.24) is 14.9 Å². The molecule has 0 amide bonds. The minimum Gasteiger partial charge on any atom is -0.312 e. The fourth-order valence-electron chi connectivity index (χ4n) is 1.36. The molecule has 1 atom stereocenters. The molecule has 1 aromatic rings. The van der Waals surface area contributed by atoms with Crippen molar-refractivity contribution in [2.75, 3.05) is 7.05 Å². The van der Waals surface area contributed by atoms with Crippen LogP contribution in [0.2, 0.25) is 0 Å². The van der Waals surface area contributed by atoms with Gasteiger partial charge in [0.1, 0.15) is 0 Å². The Kier molecular flexibility index (Phi) is 4.93. The van der Waals surface area contributed by atoms with E-state index in [1.807, 2.05) is 12.4 Å². The van der Waals surface area contributed by atoms with Gasteiger partial charge in [0.2, 0.25) is 0 Å². The summed E-state index contributed by atoms with van der Waals surface area (Å²) < 4.78 is 3.87. The SMILES string of the molecule is CCCCCC(NC)c1csnn1. The van der Waals surface area contributed by atoms with Gasteiger partial charge in [0, 0.05) is 5.38 Å². The first kappa shape index (κ1) is 10.6. The predicted octanol–water partition coefficient (Wildman–Crippen LogP) is 2.38. The van der Waals surface area contributed by atoms with Gasteiger partial charge in [-0.1, -0.05) is 30.7 Å². The largest absolute Gasteiger partial charge is 0.312 e. The van der Waals surface area contributed by atoms with Gasteiger partial charge in [0.25, 0.3) is 0 Å². The lowest BCUT2D eigenvalue weighted by atomic mass is 10.1. The van der Waals surface area contributed by atoms with Crippen LogP contribution in [0.15, 0.2) is 5.38 Å². The summed E-state index contributed by atoms with van der Waals surface area (Å²) in [6, 6.07) is 0.394. The molecule has 0 aliphatic rings. The molecule has 13 heavy (non-hydrogen) atoms. The average Bonchev–Trinajstić information content (AvgIpc) is 2.65. The monoisotopic (exact) mass is 199 g/mol. The predicted molar refractivity (Wildman–Crippen MR) is 55.9 cm³/mol. The van der Waals surface area contributed by atoms with Crippen LogP contribution in [0.3, 0.4) is 0 Å². The first-order valence-corrected chi connectivity index (χ1v) is 5.66. The fourth-order valence-corrected chi connectivity index (χ4v) is 1.87. The van der Waals surface area contributed by atoms with Crippen molar-refractivity contribution in [3.8, 4) is 0 Å². The molecule has 1 unspecified atom stereocenters. The zero-order chi connectivity index (χ0) is 9.52. The molecule has 0 bridgehead atoms. The van der Waals surface area contributed by atoms with Crippen LogP contribution in [-0.2, 0) is 0 Å². The van der Waals surface area contributed by atoms with E-state index < -0.39 is 0 Å². The van der Waals surface area contributed by atoms with E-state index >= 15 is 0 Å². The van der Waals surface area contributed by atoms with Crippen LogP contribution in [-0.4, -0.2) is 16.6 Å². The van der Waals surface area contributed by atoms with Gasteiger partial charge in [-0.2, -0.15) is 0 Å². The number of hydrogen-bond acceptors (Lipinski definition) is 4. The summed E-state index contributed by atoms with van der Waals surface area (Å²) in [7, 11) is 1.98. The zero-order valence-electron chi connectivity index (χ0n) is 8.29. The van der Waals surface area contributed by atoms with Crippen molar-refractivity contribution in [3.05, 3.63) is 11.1 Å². The topological polar surface area (TPSA) is 37.8 Å². The molecule has 0 aliphatic carbocycles. The lowest BCUT2D eigenvalue weighted by molar-refractivity contribution is 0.501. The van der Waals surface area contributed by atoms with Crippen LogP contribution in [0.1, 0.15) is 44.3 Å². The maximum Gasteiger partial charge on any atom is 0.0924 e. The van der Waals surface area contributed by atoms with Crippen LogP contribution in [0.5, 0.6) is 0 Å². The Morgan fingerprint density at radius 3 is 2.92 bits per heavy atom. The molecule has 1 heterocycles. The highest BCUT2D eigenvalue weighted by molar-refractivity contribution is 7.03. The molecule has 1 rings (SSSR count). The second-order valence-corrected chi connectivity index (χ2v) is 3.78. The lowest BCUT2D eigenvalue weighted by Gasteiger charge is -2.12. The quantitative estimate of drug-likeness (QED) is 0.715. The van der Waals surface area contributed by atoms with Crippen LogP contribution >= 0.6 is 11.5 Å². The Hall–Kier alpha value is -0.480. The van der Waals surface area contributed by atoms with Gasteiger partial charge < -0.3 is 5.32 Å². The van der Waals surface area contributed by atoms with Gasteiger partial charge in [-0.3, -0.25) is 0 Å². The fraction of sp³-hybridized carbons (Fsp3) is 0.778. The van der Waals surface area contributed by atoms with E-state index in [2.05, 4.69) is 21.8 Å². The molecule has 0 aliphatic heterocycles. The second kappa shape index (κ2) is 6.05. The van der Waals surface area contributed by atoms with Crippen LogP contribution in [0.4, 0.5) is 0 Å². The third kappa shape index (κ3) is 3.40. The Labute approximate surface area is 83.7 Å². The highest BCUT2D eigenvalue weighted by Gasteiger charge is 2.10. The summed E-state index contributed by atoms with van der Waals surface area (Å²) >= 11 is 1.42. The van der Waals surface area contributed by atoms with Crippen LogP contribution in [0.25, 0.3) is 0 Å². The third-order valence-electron chi connectivity index (χ3n) is 2.18. The molecule has 0 spiro atoms. The van der Waals surface area contributed by atoms with E-state index in [0.717, 1.165) is 12.1 Å². The van der Waals surface area contributed by atoms with E-state index in [-0.39, 0.29) is 0 Å². The minimum atomic E-state index is 0.394. The number of nitrogens with zero attached hydrogens (tertiary/aromatic N) is 2. The average molecular weight is 199 g/mol. The van der Waals surface area contributed by atoms with Crippen molar-refractivity contribution in [2.24, 2.45) is 0 Å².